The first-order valence-electron chi connectivity index (χ1n) is 9.03. The van der Waals surface area contributed by atoms with Crippen LogP contribution in [-0.4, -0.2) is 32.7 Å². The predicted molar refractivity (Wildman–Crippen MR) is 115 cm³/mol. The number of esters is 1. The van der Waals surface area contributed by atoms with E-state index in [2.05, 4.69) is 21.2 Å². The number of sulfone groups is 1. The van der Waals surface area contributed by atoms with Crippen LogP contribution in [0.15, 0.2) is 81.0 Å². The molecule has 0 saturated heterocycles. The number of rotatable bonds is 4. The van der Waals surface area contributed by atoms with Crippen molar-refractivity contribution in [2.24, 2.45) is 0 Å². The summed E-state index contributed by atoms with van der Waals surface area (Å²) >= 11 is 3.29. The number of carbonyl (C=O) groups excluding carboxylic acids is 3. The van der Waals surface area contributed by atoms with Gasteiger partial charge in [0.1, 0.15) is 0 Å². The van der Waals surface area contributed by atoms with Crippen LogP contribution in [-0.2, 0) is 19.4 Å². The summed E-state index contributed by atoms with van der Waals surface area (Å²) in [6, 6.07) is 16.5. The summed E-state index contributed by atoms with van der Waals surface area (Å²) in [6.45, 7) is -0.559. The number of hydrogen-bond donors (Lipinski definition) is 1. The van der Waals surface area contributed by atoms with Gasteiger partial charge in [-0.15, -0.1) is 0 Å². The Morgan fingerprint density at radius 3 is 2.42 bits per heavy atom. The zero-order valence-corrected chi connectivity index (χ0v) is 18.2. The summed E-state index contributed by atoms with van der Waals surface area (Å²) in [5.74, 6) is -1.87. The number of nitrogens with one attached hydrogen (secondary N) is 1. The summed E-state index contributed by atoms with van der Waals surface area (Å²) in [4.78, 5) is 36.7. The normalized spacial score (nSPS) is 13.6. The van der Waals surface area contributed by atoms with E-state index in [0.29, 0.717) is 5.69 Å². The fourth-order valence-corrected chi connectivity index (χ4v) is 5.27. The molecule has 9 heteroatoms. The third kappa shape index (κ3) is 4.01. The molecular weight excluding hydrogens is 486 g/mol. The molecule has 3 aromatic carbocycles. The maximum absolute atomic E-state index is 12.9. The second-order valence-corrected chi connectivity index (χ2v) is 9.48. The highest BCUT2D eigenvalue weighted by Crippen LogP contribution is 2.34. The third-order valence-corrected chi connectivity index (χ3v) is 6.96. The number of halogens is 1. The Balaban J connectivity index is 1.52. The fraction of sp³-hybridized carbons (Fsp3) is 0.0455. The van der Waals surface area contributed by atoms with Gasteiger partial charge < -0.3 is 10.1 Å². The standard InChI is InChI=1S/C22H14BrNO6S/c23-14-4-3-5-15(11-14)24-20(25)12-30-22(27)13-8-9-17-19(10-13)31(28,29)18-7-2-1-6-16(18)21(17)26/h1-11H,12H2,(H,24,25). The lowest BCUT2D eigenvalue weighted by atomic mass is 10.0. The summed E-state index contributed by atoms with van der Waals surface area (Å²) in [6.07, 6.45) is 0. The van der Waals surface area contributed by atoms with Crippen LogP contribution >= 0.6 is 15.9 Å². The van der Waals surface area contributed by atoms with Crippen LogP contribution in [0.4, 0.5) is 5.69 Å². The number of ether oxygens (including phenoxy) is 1. The molecule has 7 nitrogen and oxygen atoms in total. The van der Waals surface area contributed by atoms with Crippen molar-refractivity contribution < 1.29 is 27.5 Å². The van der Waals surface area contributed by atoms with Crippen molar-refractivity contribution >= 4 is 49.1 Å². The average Bonchev–Trinajstić information content (AvgIpc) is 2.76. The van der Waals surface area contributed by atoms with Crippen LogP contribution in [0.2, 0.25) is 0 Å². The molecule has 0 aliphatic carbocycles. The van der Waals surface area contributed by atoms with E-state index in [4.69, 9.17) is 4.74 Å². The lowest BCUT2D eigenvalue weighted by Gasteiger charge is -2.19. The van der Waals surface area contributed by atoms with Crippen LogP contribution < -0.4 is 5.32 Å². The smallest absolute Gasteiger partial charge is 0.338 e. The maximum Gasteiger partial charge on any atom is 0.338 e. The maximum atomic E-state index is 12.9. The molecule has 1 aliphatic heterocycles. The van der Waals surface area contributed by atoms with Crippen molar-refractivity contribution in [3.8, 4) is 0 Å². The first-order valence-corrected chi connectivity index (χ1v) is 11.3. The average molecular weight is 500 g/mol. The minimum atomic E-state index is -3.98. The second-order valence-electron chi connectivity index (χ2n) is 6.67. The van der Waals surface area contributed by atoms with Crippen molar-refractivity contribution in [2.75, 3.05) is 11.9 Å². The van der Waals surface area contributed by atoms with E-state index in [1.165, 1.54) is 30.3 Å². The van der Waals surface area contributed by atoms with E-state index in [-0.39, 0.29) is 26.5 Å². The molecule has 1 amide bonds. The van der Waals surface area contributed by atoms with Gasteiger partial charge in [-0.3, -0.25) is 9.59 Å². The molecule has 0 atom stereocenters. The molecule has 31 heavy (non-hydrogen) atoms. The molecular formula is C22H14BrNO6S. The molecule has 1 N–H and O–H groups in total. The molecule has 0 spiro atoms. The van der Waals surface area contributed by atoms with Gasteiger partial charge in [0, 0.05) is 21.3 Å². The van der Waals surface area contributed by atoms with Crippen LogP contribution in [0, 0.1) is 0 Å². The summed E-state index contributed by atoms with van der Waals surface area (Å²) in [7, 11) is -3.98. The van der Waals surface area contributed by atoms with Gasteiger partial charge in [0.2, 0.25) is 9.84 Å². The Hall–Kier alpha value is -3.30. The zero-order chi connectivity index (χ0) is 22.2. The monoisotopic (exact) mass is 499 g/mol. The van der Waals surface area contributed by atoms with Gasteiger partial charge >= 0.3 is 5.97 Å². The highest BCUT2D eigenvalue weighted by molar-refractivity contribution is 9.10. The molecule has 1 heterocycles. The van der Waals surface area contributed by atoms with E-state index < -0.39 is 34.1 Å². The van der Waals surface area contributed by atoms with E-state index in [1.54, 1.807) is 30.3 Å². The first-order chi connectivity index (χ1) is 14.8. The molecule has 0 aromatic heterocycles. The van der Waals surface area contributed by atoms with E-state index >= 15 is 0 Å². The van der Waals surface area contributed by atoms with Crippen molar-refractivity contribution in [1.29, 1.82) is 0 Å². The fourth-order valence-electron chi connectivity index (χ4n) is 3.19. The highest BCUT2D eigenvalue weighted by atomic mass is 79.9. The van der Waals surface area contributed by atoms with E-state index in [9.17, 15) is 22.8 Å². The van der Waals surface area contributed by atoms with Gasteiger partial charge in [-0.25, -0.2) is 13.2 Å². The van der Waals surface area contributed by atoms with Crippen molar-refractivity contribution in [3.63, 3.8) is 0 Å². The van der Waals surface area contributed by atoms with Gasteiger partial charge in [-0.2, -0.15) is 0 Å². The quantitative estimate of drug-likeness (QED) is 0.429. The topological polar surface area (TPSA) is 107 Å². The molecule has 0 radical (unpaired) electrons. The minimum Gasteiger partial charge on any atom is -0.452 e. The summed E-state index contributed by atoms with van der Waals surface area (Å²) in [5.41, 5.74) is 0.523. The second kappa shape index (κ2) is 8.09. The highest BCUT2D eigenvalue weighted by Gasteiger charge is 2.35. The SMILES string of the molecule is O=C(COC(=O)c1ccc2c(c1)S(=O)(=O)c1ccccc1C2=O)Nc1cccc(Br)c1. The van der Waals surface area contributed by atoms with Crippen LogP contribution in [0.1, 0.15) is 26.3 Å². The van der Waals surface area contributed by atoms with Gasteiger partial charge in [0.05, 0.1) is 15.4 Å². The Bertz CT molecular complexity index is 1350. The number of benzene rings is 3. The summed E-state index contributed by atoms with van der Waals surface area (Å²) in [5, 5.41) is 2.58. The molecule has 1 aliphatic rings. The van der Waals surface area contributed by atoms with E-state index in [1.807, 2.05) is 0 Å². The third-order valence-electron chi connectivity index (χ3n) is 4.62. The van der Waals surface area contributed by atoms with Crippen LogP contribution in [0.25, 0.3) is 0 Å². The number of anilines is 1. The van der Waals surface area contributed by atoms with Crippen molar-refractivity contribution in [3.05, 3.63) is 87.9 Å². The Morgan fingerprint density at radius 2 is 1.65 bits per heavy atom. The summed E-state index contributed by atoms with van der Waals surface area (Å²) < 4.78 is 31.7. The Morgan fingerprint density at radius 1 is 0.903 bits per heavy atom. The largest absolute Gasteiger partial charge is 0.452 e. The molecule has 3 aromatic rings. The van der Waals surface area contributed by atoms with Gasteiger partial charge in [-0.1, -0.05) is 34.1 Å². The lowest BCUT2D eigenvalue weighted by Crippen LogP contribution is -2.22. The lowest BCUT2D eigenvalue weighted by molar-refractivity contribution is -0.119. The minimum absolute atomic E-state index is 0.0114. The first kappa shape index (κ1) is 21.0. The number of hydrogen-bond acceptors (Lipinski definition) is 6. The molecule has 0 unspecified atom stereocenters. The Labute approximate surface area is 186 Å². The zero-order valence-electron chi connectivity index (χ0n) is 15.8. The molecule has 156 valence electrons. The van der Waals surface area contributed by atoms with Crippen molar-refractivity contribution in [1.82, 2.24) is 0 Å². The number of carbonyl (C=O) groups is 3. The molecule has 0 bridgehead atoms. The van der Waals surface area contributed by atoms with Gasteiger partial charge in [0.25, 0.3) is 5.91 Å². The molecule has 4 rings (SSSR count). The predicted octanol–water partition coefficient (Wildman–Crippen LogP) is 3.62. The Kier molecular flexibility index (Phi) is 5.47. The molecule has 0 saturated carbocycles. The number of amides is 1. The number of ketones is 1. The van der Waals surface area contributed by atoms with E-state index in [0.717, 1.165) is 10.5 Å². The number of fused-ring (bicyclic) bond motifs is 2. The van der Waals surface area contributed by atoms with Gasteiger partial charge in [-0.05, 0) is 48.5 Å². The van der Waals surface area contributed by atoms with Crippen LogP contribution in [0.5, 0.6) is 0 Å². The van der Waals surface area contributed by atoms with Crippen LogP contribution in [0.3, 0.4) is 0 Å². The van der Waals surface area contributed by atoms with Crippen molar-refractivity contribution in [2.45, 2.75) is 9.79 Å². The van der Waals surface area contributed by atoms with Gasteiger partial charge in [0.15, 0.2) is 12.4 Å². The molecule has 0 fully saturated rings.